The lowest BCUT2D eigenvalue weighted by molar-refractivity contribution is -0.0500. The van der Waals surface area contributed by atoms with Gasteiger partial charge in [-0.1, -0.05) is 26.0 Å². The second-order valence-corrected chi connectivity index (χ2v) is 8.31. The van der Waals surface area contributed by atoms with Gasteiger partial charge >= 0.3 is 15.6 Å². The summed E-state index contributed by atoms with van der Waals surface area (Å²) in [5.41, 5.74) is -2.35. The predicted molar refractivity (Wildman–Crippen MR) is 90.8 cm³/mol. The molecule has 0 aromatic heterocycles. The smallest absolute Gasteiger partial charge is 0.497 e. The Kier molecular flexibility index (Phi) is 4.22. The molecule has 8 heteroatoms. The quantitative estimate of drug-likeness (QED) is 0.579. The lowest BCUT2D eigenvalue weighted by atomic mass is 9.70. The summed E-state index contributed by atoms with van der Waals surface area (Å²) in [7, 11) is -4.20. The van der Waals surface area contributed by atoms with Gasteiger partial charge in [-0.2, -0.15) is 21.6 Å². The van der Waals surface area contributed by atoms with Crippen molar-refractivity contribution < 1.29 is 30.5 Å². The first kappa shape index (κ1) is 18.6. The van der Waals surface area contributed by atoms with E-state index in [1.54, 1.807) is 12.1 Å². The van der Waals surface area contributed by atoms with Gasteiger partial charge in [-0.15, -0.1) is 0 Å². The molecule has 0 aliphatic heterocycles. The Hall–Kier alpha value is -2.22. The minimum atomic E-state index is -5.72. The number of alkyl halides is 3. The van der Waals surface area contributed by atoms with E-state index in [-0.39, 0.29) is 11.2 Å². The van der Waals surface area contributed by atoms with Crippen LogP contribution in [0.25, 0.3) is 11.1 Å². The third-order valence-corrected chi connectivity index (χ3v) is 5.43. The molecule has 0 heterocycles. The molecule has 26 heavy (non-hydrogen) atoms. The van der Waals surface area contributed by atoms with Crippen molar-refractivity contribution >= 4 is 10.1 Å². The summed E-state index contributed by atoms with van der Waals surface area (Å²) in [6.45, 7) is 4.14. The average Bonchev–Trinajstić information content (AvgIpc) is 2.53. The summed E-state index contributed by atoms with van der Waals surface area (Å²) in [5.74, 6) is 0.219. The van der Waals surface area contributed by atoms with Crippen molar-refractivity contribution in [1.29, 1.82) is 0 Å². The maximum atomic E-state index is 12.6. The molecule has 1 aliphatic carbocycles. The summed E-state index contributed by atoms with van der Waals surface area (Å²) in [6.07, 6.45) is 0.661. The number of halogens is 3. The fourth-order valence-corrected chi connectivity index (χ4v) is 3.67. The molecule has 4 nitrogen and oxygen atoms in total. The molecule has 0 spiro atoms. The Morgan fingerprint density at radius 2 is 1.62 bits per heavy atom. The van der Waals surface area contributed by atoms with Gasteiger partial charge in [0.15, 0.2) is 0 Å². The molecule has 0 bridgehead atoms. The second kappa shape index (κ2) is 5.90. The van der Waals surface area contributed by atoms with Crippen LogP contribution in [0.3, 0.4) is 0 Å². The molecule has 2 aromatic carbocycles. The molecule has 0 atom stereocenters. The van der Waals surface area contributed by atoms with E-state index in [2.05, 4.69) is 18.0 Å². The summed E-state index contributed by atoms with van der Waals surface area (Å²) < 4.78 is 69.8. The van der Waals surface area contributed by atoms with E-state index in [0.29, 0.717) is 17.7 Å². The third-order valence-electron chi connectivity index (χ3n) is 4.45. The van der Waals surface area contributed by atoms with Gasteiger partial charge < -0.3 is 8.92 Å². The zero-order chi connectivity index (χ0) is 19.3. The monoisotopic (exact) mass is 386 g/mol. The Morgan fingerprint density at radius 1 is 1.00 bits per heavy atom. The van der Waals surface area contributed by atoms with E-state index in [1.165, 1.54) is 19.2 Å². The minimum Gasteiger partial charge on any atom is -0.497 e. The van der Waals surface area contributed by atoms with Crippen LogP contribution in [-0.4, -0.2) is 21.0 Å². The van der Waals surface area contributed by atoms with E-state index in [9.17, 15) is 21.6 Å². The zero-order valence-electron chi connectivity index (χ0n) is 14.3. The van der Waals surface area contributed by atoms with Crippen molar-refractivity contribution in [1.82, 2.24) is 0 Å². The topological polar surface area (TPSA) is 52.6 Å². The molecule has 1 aliphatic rings. The largest absolute Gasteiger partial charge is 0.534 e. The number of methoxy groups -OCH3 is 1. The number of rotatable bonds is 3. The Balaban J connectivity index is 2.12. The predicted octanol–water partition coefficient (Wildman–Crippen LogP) is 4.42. The van der Waals surface area contributed by atoms with Crippen LogP contribution in [0.15, 0.2) is 36.4 Å². The zero-order valence-corrected chi connectivity index (χ0v) is 15.2. The van der Waals surface area contributed by atoms with E-state index in [4.69, 9.17) is 4.74 Å². The van der Waals surface area contributed by atoms with E-state index >= 15 is 0 Å². The molecule has 0 fully saturated rings. The Labute approximate surface area is 149 Å². The molecule has 0 N–H and O–H groups in total. The first-order valence-electron chi connectivity index (χ1n) is 7.77. The fourth-order valence-electron chi connectivity index (χ4n) is 3.22. The number of fused-ring (bicyclic) bond motifs is 3. The molecule has 3 rings (SSSR count). The molecule has 0 radical (unpaired) electrons. The van der Waals surface area contributed by atoms with Crippen LogP contribution < -0.4 is 8.92 Å². The average molecular weight is 386 g/mol. The van der Waals surface area contributed by atoms with Crippen molar-refractivity contribution in [2.24, 2.45) is 0 Å². The highest BCUT2D eigenvalue weighted by Crippen LogP contribution is 2.45. The van der Waals surface area contributed by atoms with E-state index in [0.717, 1.165) is 16.7 Å². The van der Waals surface area contributed by atoms with Crippen molar-refractivity contribution in [2.75, 3.05) is 7.11 Å². The highest BCUT2D eigenvalue weighted by Gasteiger charge is 2.48. The highest BCUT2D eigenvalue weighted by molar-refractivity contribution is 7.88. The van der Waals surface area contributed by atoms with Crippen molar-refractivity contribution in [3.63, 3.8) is 0 Å². The molecule has 0 saturated carbocycles. The summed E-state index contributed by atoms with van der Waals surface area (Å²) >= 11 is 0. The van der Waals surface area contributed by atoms with Crippen molar-refractivity contribution in [2.45, 2.75) is 31.2 Å². The fraction of sp³-hybridized carbons (Fsp3) is 0.333. The summed E-state index contributed by atoms with van der Waals surface area (Å²) in [4.78, 5) is 0. The van der Waals surface area contributed by atoms with Gasteiger partial charge in [-0.25, -0.2) is 0 Å². The van der Waals surface area contributed by atoms with Crippen molar-refractivity contribution in [3.8, 4) is 22.6 Å². The lowest BCUT2D eigenvalue weighted by Gasteiger charge is -2.34. The van der Waals surface area contributed by atoms with Gasteiger partial charge in [0, 0.05) is 0 Å². The molecule has 140 valence electrons. The minimum absolute atomic E-state index is 0.185. The molecule has 0 unspecified atom stereocenters. The Morgan fingerprint density at radius 3 is 2.23 bits per heavy atom. The summed E-state index contributed by atoms with van der Waals surface area (Å²) in [5, 5.41) is 0. The van der Waals surface area contributed by atoms with Crippen LogP contribution in [0.2, 0.25) is 0 Å². The molecular weight excluding hydrogens is 369 g/mol. The number of hydrogen-bond acceptors (Lipinski definition) is 4. The van der Waals surface area contributed by atoms with Crippen molar-refractivity contribution in [3.05, 3.63) is 47.5 Å². The lowest BCUT2D eigenvalue weighted by Crippen LogP contribution is -2.28. The standard InChI is InChI=1S/C18H17F3O4S/c1-17(2)10-11-4-5-13(25-26(22,23)18(19,20)21)9-14(11)15-8-12(24-3)6-7-16(15)17/h4-9H,10H2,1-3H3. The number of ether oxygens (including phenoxy) is 1. The normalized spacial score (nSPS) is 15.8. The number of benzene rings is 2. The molecule has 0 amide bonds. The van der Waals surface area contributed by atoms with Gasteiger partial charge in [-0.3, -0.25) is 0 Å². The van der Waals surface area contributed by atoms with Gasteiger partial charge in [0.2, 0.25) is 0 Å². The maximum Gasteiger partial charge on any atom is 0.534 e. The Bertz CT molecular complexity index is 963. The van der Waals surface area contributed by atoms with Crippen LogP contribution in [0.1, 0.15) is 25.0 Å². The SMILES string of the molecule is COc1ccc2c(c1)-c1cc(OS(=O)(=O)C(F)(F)F)ccc1CC2(C)C. The van der Waals surface area contributed by atoms with Gasteiger partial charge in [0.1, 0.15) is 11.5 Å². The second-order valence-electron chi connectivity index (χ2n) is 6.77. The van der Waals surface area contributed by atoms with Crippen LogP contribution in [0.5, 0.6) is 11.5 Å². The number of hydrogen-bond donors (Lipinski definition) is 0. The van der Waals surface area contributed by atoms with E-state index < -0.39 is 15.6 Å². The maximum absolute atomic E-state index is 12.6. The molecular formula is C18H17F3O4S. The first-order valence-corrected chi connectivity index (χ1v) is 9.18. The first-order chi connectivity index (χ1) is 11.9. The molecule has 2 aromatic rings. The molecule has 0 saturated heterocycles. The van der Waals surface area contributed by atoms with Gasteiger partial charge in [0.05, 0.1) is 7.11 Å². The van der Waals surface area contributed by atoms with Crippen LogP contribution >= 0.6 is 0 Å². The summed E-state index contributed by atoms with van der Waals surface area (Å²) in [6, 6.07) is 9.69. The van der Waals surface area contributed by atoms with Crippen LogP contribution in [-0.2, 0) is 22.0 Å². The van der Waals surface area contributed by atoms with Crippen LogP contribution in [0.4, 0.5) is 13.2 Å². The van der Waals surface area contributed by atoms with E-state index in [1.807, 2.05) is 12.1 Å². The van der Waals surface area contributed by atoms with Gasteiger partial charge in [-0.05, 0) is 58.4 Å². The van der Waals surface area contributed by atoms with Crippen LogP contribution in [0, 0.1) is 0 Å². The third kappa shape index (κ3) is 3.13. The van der Waals surface area contributed by atoms with Gasteiger partial charge in [0.25, 0.3) is 0 Å². The highest BCUT2D eigenvalue weighted by atomic mass is 32.2.